The number of hydrogen-bond donors (Lipinski definition) is 1. The van der Waals surface area contributed by atoms with Crippen molar-refractivity contribution in [3.05, 3.63) is 0 Å². The molecule has 2 nitrogen and oxygen atoms in total. The van der Waals surface area contributed by atoms with Crippen molar-refractivity contribution in [3.8, 4) is 0 Å². The molecular formula is C13H25NO. The summed E-state index contributed by atoms with van der Waals surface area (Å²) in [4.78, 5) is 0. The fourth-order valence-corrected chi connectivity index (χ4v) is 3.01. The molecule has 88 valence electrons. The first-order chi connectivity index (χ1) is 7.36. The predicted octanol–water partition coefficient (Wildman–Crippen LogP) is 2.72. The maximum Gasteiger partial charge on any atom is 0.0619 e. The highest BCUT2D eigenvalue weighted by Crippen LogP contribution is 2.26. The molecule has 0 aromatic rings. The zero-order valence-electron chi connectivity index (χ0n) is 10.0. The van der Waals surface area contributed by atoms with Crippen molar-refractivity contribution in [3.63, 3.8) is 0 Å². The molecule has 0 radical (unpaired) electrons. The second kappa shape index (κ2) is 5.86. The first kappa shape index (κ1) is 11.4. The van der Waals surface area contributed by atoms with Gasteiger partial charge in [0.2, 0.25) is 0 Å². The molecule has 1 N–H and O–H groups in total. The first-order valence-electron chi connectivity index (χ1n) is 6.70. The van der Waals surface area contributed by atoms with E-state index in [9.17, 15) is 0 Å². The van der Waals surface area contributed by atoms with Gasteiger partial charge >= 0.3 is 0 Å². The van der Waals surface area contributed by atoms with Crippen molar-refractivity contribution in [1.82, 2.24) is 5.32 Å². The second-order valence-electron chi connectivity index (χ2n) is 5.27. The molecule has 1 aliphatic carbocycles. The minimum Gasteiger partial charge on any atom is -0.380 e. The Balaban J connectivity index is 1.72. The Morgan fingerprint density at radius 2 is 1.87 bits per heavy atom. The van der Waals surface area contributed by atoms with Crippen LogP contribution >= 0.6 is 0 Å². The largest absolute Gasteiger partial charge is 0.380 e. The summed E-state index contributed by atoms with van der Waals surface area (Å²) in [7, 11) is 0. The van der Waals surface area contributed by atoms with Gasteiger partial charge in [-0.1, -0.05) is 19.3 Å². The van der Waals surface area contributed by atoms with E-state index in [4.69, 9.17) is 4.74 Å². The molecule has 1 heterocycles. The Morgan fingerprint density at radius 1 is 1.07 bits per heavy atom. The average molecular weight is 211 g/mol. The lowest BCUT2D eigenvalue weighted by Crippen LogP contribution is -2.45. The van der Waals surface area contributed by atoms with Crippen LogP contribution in [0.3, 0.4) is 0 Å². The third-order valence-corrected chi connectivity index (χ3v) is 4.02. The highest BCUT2D eigenvalue weighted by atomic mass is 16.5. The Kier molecular flexibility index (Phi) is 4.45. The monoisotopic (exact) mass is 211 g/mol. The molecule has 2 heteroatoms. The normalized spacial score (nSPS) is 31.4. The van der Waals surface area contributed by atoms with Crippen molar-refractivity contribution in [1.29, 1.82) is 0 Å². The summed E-state index contributed by atoms with van der Waals surface area (Å²) in [6.45, 7) is 4.26. The highest BCUT2D eigenvalue weighted by Gasteiger charge is 2.23. The maximum atomic E-state index is 5.51. The van der Waals surface area contributed by atoms with E-state index in [1.165, 1.54) is 44.9 Å². The van der Waals surface area contributed by atoms with E-state index in [1.807, 2.05) is 0 Å². The molecule has 0 amide bonds. The van der Waals surface area contributed by atoms with Gasteiger partial charge in [0.05, 0.1) is 6.61 Å². The lowest BCUT2D eigenvalue weighted by Gasteiger charge is -2.33. The Bertz CT molecular complexity index is 171. The van der Waals surface area contributed by atoms with Gasteiger partial charge in [-0.15, -0.1) is 0 Å². The van der Waals surface area contributed by atoms with Gasteiger partial charge in [-0.25, -0.2) is 0 Å². The van der Waals surface area contributed by atoms with Crippen LogP contribution in [0.1, 0.15) is 51.9 Å². The summed E-state index contributed by atoms with van der Waals surface area (Å²) >= 11 is 0. The maximum absolute atomic E-state index is 5.51. The summed E-state index contributed by atoms with van der Waals surface area (Å²) in [6, 6.07) is 1.31. The lowest BCUT2D eigenvalue weighted by molar-refractivity contribution is 0.0626. The van der Waals surface area contributed by atoms with Crippen LogP contribution in [0.5, 0.6) is 0 Å². The van der Waals surface area contributed by atoms with Gasteiger partial charge in [-0.05, 0) is 38.5 Å². The van der Waals surface area contributed by atoms with Crippen molar-refractivity contribution in [2.24, 2.45) is 5.92 Å². The Labute approximate surface area is 93.8 Å². The van der Waals surface area contributed by atoms with Gasteiger partial charge in [0, 0.05) is 18.7 Å². The molecule has 2 fully saturated rings. The standard InChI is InChI=1S/C13H25NO/c1-11(12-6-3-2-4-7-12)14-13-8-5-9-15-10-13/h11-14H,2-10H2,1H3/t11-,13?/m0/s1. The summed E-state index contributed by atoms with van der Waals surface area (Å²) in [5.41, 5.74) is 0. The van der Waals surface area contributed by atoms with Crippen LogP contribution in [0, 0.1) is 5.92 Å². The minimum atomic E-state index is 0.621. The van der Waals surface area contributed by atoms with Crippen LogP contribution in [-0.4, -0.2) is 25.3 Å². The van der Waals surface area contributed by atoms with Crippen molar-refractivity contribution < 1.29 is 4.74 Å². The smallest absolute Gasteiger partial charge is 0.0619 e. The molecule has 2 aliphatic rings. The minimum absolute atomic E-state index is 0.621. The van der Waals surface area contributed by atoms with Gasteiger partial charge < -0.3 is 10.1 Å². The molecule has 15 heavy (non-hydrogen) atoms. The summed E-state index contributed by atoms with van der Waals surface area (Å²) < 4.78 is 5.51. The average Bonchev–Trinajstić information content (AvgIpc) is 2.31. The Morgan fingerprint density at radius 3 is 2.53 bits per heavy atom. The molecule has 1 saturated carbocycles. The number of rotatable bonds is 3. The van der Waals surface area contributed by atoms with E-state index in [0.717, 1.165) is 19.1 Å². The molecule has 0 aromatic heterocycles. The van der Waals surface area contributed by atoms with E-state index < -0.39 is 0 Å². The van der Waals surface area contributed by atoms with Crippen LogP contribution in [-0.2, 0) is 4.74 Å². The number of hydrogen-bond acceptors (Lipinski definition) is 2. The molecule has 1 aliphatic heterocycles. The fourth-order valence-electron chi connectivity index (χ4n) is 3.01. The van der Waals surface area contributed by atoms with Gasteiger partial charge in [0.25, 0.3) is 0 Å². The van der Waals surface area contributed by atoms with E-state index in [1.54, 1.807) is 0 Å². The quantitative estimate of drug-likeness (QED) is 0.775. The number of nitrogens with one attached hydrogen (secondary N) is 1. The number of ether oxygens (including phenoxy) is 1. The first-order valence-corrected chi connectivity index (χ1v) is 6.70. The SMILES string of the molecule is C[C@H](NC1CCCOC1)C1CCCCC1. The van der Waals surface area contributed by atoms with Gasteiger partial charge in [-0.3, -0.25) is 0 Å². The van der Waals surface area contributed by atoms with Crippen LogP contribution in [0.4, 0.5) is 0 Å². The van der Waals surface area contributed by atoms with Crippen LogP contribution in [0.2, 0.25) is 0 Å². The van der Waals surface area contributed by atoms with E-state index >= 15 is 0 Å². The molecule has 2 rings (SSSR count). The summed E-state index contributed by atoms with van der Waals surface area (Å²) in [5.74, 6) is 0.917. The van der Waals surface area contributed by atoms with Gasteiger partial charge in [-0.2, -0.15) is 0 Å². The second-order valence-corrected chi connectivity index (χ2v) is 5.27. The zero-order valence-corrected chi connectivity index (χ0v) is 10.0. The molecular weight excluding hydrogens is 186 g/mol. The molecule has 2 atom stereocenters. The van der Waals surface area contributed by atoms with E-state index in [2.05, 4.69) is 12.2 Å². The van der Waals surface area contributed by atoms with Gasteiger partial charge in [0.15, 0.2) is 0 Å². The van der Waals surface area contributed by atoms with Crippen LogP contribution < -0.4 is 5.32 Å². The molecule has 1 saturated heterocycles. The van der Waals surface area contributed by atoms with Crippen LogP contribution in [0.25, 0.3) is 0 Å². The van der Waals surface area contributed by atoms with E-state index in [-0.39, 0.29) is 0 Å². The molecule has 1 unspecified atom stereocenters. The van der Waals surface area contributed by atoms with Crippen molar-refractivity contribution in [2.45, 2.75) is 64.0 Å². The van der Waals surface area contributed by atoms with Crippen LogP contribution in [0.15, 0.2) is 0 Å². The predicted molar refractivity (Wildman–Crippen MR) is 63.0 cm³/mol. The summed E-state index contributed by atoms with van der Waals surface area (Å²) in [5, 5.41) is 3.76. The van der Waals surface area contributed by atoms with Crippen molar-refractivity contribution in [2.75, 3.05) is 13.2 Å². The summed E-state index contributed by atoms with van der Waals surface area (Å²) in [6.07, 6.45) is 9.74. The van der Waals surface area contributed by atoms with E-state index in [0.29, 0.717) is 12.1 Å². The topological polar surface area (TPSA) is 21.3 Å². The highest BCUT2D eigenvalue weighted by molar-refractivity contribution is 4.80. The van der Waals surface area contributed by atoms with Crippen molar-refractivity contribution >= 4 is 0 Å². The molecule has 0 bridgehead atoms. The third-order valence-electron chi connectivity index (χ3n) is 4.02. The molecule has 0 aromatic carbocycles. The van der Waals surface area contributed by atoms with Gasteiger partial charge in [0.1, 0.15) is 0 Å². The zero-order chi connectivity index (χ0) is 10.5. The fraction of sp³-hybridized carbons (Fsp3) is 1.00. The Hall–Kier alpha value is -0.0800. The molecule has 0 spiro atoms. The third kappa shape index (κ3) is 3.46. The lowest BCUT2D eigenvalue weighted by atomic mass is 9.84.